The van der Waals surface area contributed by atoms with Crippen LogP contribution in [0.2, 0.25) is 0 Å². The minimum atomic E-state index is -0.233. The molecule has 2 aromatic rings. The standard InChI is InChI=1S/C15H17FN2O2S.ClH/c16-12-2-4-14(5-3-12)21-7-1-6-18-15(19)11-8-13(9-17)20-10-11;/h2-5,8,10H,1,6-7,9,17H2,(H,18,19);1H. The van der Waals surface area contributed by atoms with Gasteiger partial charge < -0.3 is 15.5 Å². The fourth-order valence-corrected chi connectivity index (χ4v) is 2.56. The summed E-state index contributed by atoms with van der Waals surface area (Å²) in [5.74, 6) is 1.05. The molecule has 0 radical (unpaired) electrons. The van der Waals surface area contributed by atoms with Gasteiger partial charge in [-0.2, -0.15) is 0 Å². The summed E-state index contributed by atoms with van der Waals surface area (Å²) in [7, 11) is 0. The Labute approximate surface area is 139 Å². The Morgan fingerprint density at radius 3 is 2.68 bits per heavy atom. The molecule has 0 bridgehead atoms. The van der Waals surface area contributed by atoms with E-state index in [2.05, 4.69) is 5.32 Å². The molecular formula is C15H18ClFN2O2S. The van der Waals surface area contributed by atoms with E-state index in [1.165, 1.54) is 18.4 Å². The largest absolute Gasteiger partial charge is 0.467 e. The van der Waals surface area contributed by atoms with Crippen LogP contribution in [0.1, 0.15) is 22.5 Å². The number of nitrogens with two attached hydrogens (primary N) is 1. The predicted molar refractivity (Wildman–Crippen MR) is 87.9 cm³/mol. The number of hydrogen-bond acceptors (Lipinski definition) is 4. The van der Waals surface area contributed by atoms with Crippen LogP contribution in [0.5, 0.6) is 0 Å². The van der Waals surface area contributed by atoms with Crippen LogP contribution < -0.4 is 11.1 Å². The Hall–Kier alpha value is -1.50. The maximum Gasteiger partial charge on any atom is 0.254 e. The number of carbonyl (C=O) groups is 1. The fourth-order valence-electron chi connectivity index (χ4n) is 1.70. The molecule has 22 heavy (non-hydrogen) atoms. The number of rotatable bonds is 7. The maximum atomic E-state index is 12.7. The van der Waals surface area contributed by atoms with E-state index in [0.29, 0.717) is 17.9 Å². The topological polar surface area (TPSA) is 68.3 Å². The van der Waals surface area contributed by atoms with Crippen LogP contribution in [0.3, 0.4) is 0 Å². The van der Waals surface area contributed by atoms with Gasteiger partial charge in [0.15, 0.2) is 0 Å². The van der Waals surface area contributed by atoms with Gasteiger partial charge in [0.1, 0.15) is 17.8 Å². The zero-order valence-electron chi connectivity index (χ0n) is 11.9. The summed E-state index contributed by atoms with van der Waals surface area (Å²) in [5.41, 5.74) is 5.90. The first-order chi connectivity index (χ1) is 10.2. The number of halogens is 2. The van der Waals surface area contributed by atoms with E-state index in [0.717, 1.165) is 17.1 Å². The molecule has 0 aliphatic carbocycles. The molecule has 1 amide bonds. The lowest BCUT2D eigenvalue weighted by molar-refractivity contribution is 0.0953. The van der Waals surface area contributed by atoms with Crippen molar-refractivity contribution >= 4 is 30.1 Å². The van der Waals surface area contributed by atoms with Crippen LogP contribution >= 0.6 is 24.2 Å². The highest BCUT2D eigenvalue weighted by atomic mass is 35.5. The summed E-state index contributed by atoms with van der Waals surface area (Å²) in [6.07, 6.45) is 2.24. The van der Waals surface area contributed by atoms with Crippen molar-refractivity contribution in [3.05, 3.63) is 53.7 Å². The summed E-state index contributed by atoms with van der Waals surface area (Å²) in [4.78, 5) is 12.8. The fraction of sp³-hybridized carbons (Fsp3) is 0.267. The molecule has 3 N–H and O–H groups in total. The Bertz CT molecular complexity index is 589. The molecule has 1 heterocycles. The van der Waals surface area contributed by atoms with Gasteiger partial charge in [0.25, 0.3) is 5.91 Å². The monoisotopic (exact) mass is 344 g/mol. The summed E-state index contributed by atoms with van der Waals surface area (Å²) >= 11 is 1.63. The SMILES string of the molecule is Cl.NCc1cc(C(=O)NCCCSc2ccc(F)cc2)co1. The van der Waals surface area contributed by atoms with E-state index in [-0.39, 0.29) is 30.7 Å². The van der Waals surface area contributed by atoms with Gasteiger partial charge in [-0.05, 0) is 42.5 Å². The van der Waals surface area contributed by atoms with Crippen LogP contribution in [-0.2, 0) is 6.54 Å². The highest BCUT2D eigenvalue weighted by Crippen LogP contribution is 2.18. The van der Waals surface area contributed by atoms with E-state index in [1.807, 2.05) is 0 Å². The van der Waals surface area contributed by atoms with Gasteiger partial charge in [-0.25, -0.2) is 4.39 Å². The van der Waals surface area contributed by atoms with Gasteiger partial charge >= 0.3 is 0 Å². The number of thioether (sulfide) groups is 1. The lowest BCUT2D eigenvalue weighted by Crippen LogP contribution is -2.24. The third-order valence-electron chi connectivity index (χ3n) is 2.81. The van der Waals surface area contributed by atoms with E-state index in [9.17, 15) is 9.18 Å². The van der Waals surface area contributed by atoms with Crippen molar-refractivity contribution in [2.45, 2.75) is 17.9 Å². The van der Waals surface area contributed by atoms with Crippen molar-refractivity contribution in [3.63, 3.8) is 0 Å². The first-order valence-electron chi connectivity index (χ1n) is 6.63. The molecular weight excluding hydrogens is 327 g/mol. The van der Waals surface area contributed by atoms with Crippen molar-refractivity contribution < 1.29 is 13.6 Å². The molecule has 7 heteroatoms. The van der Waals surface area contributed by atoms with Crippen molar-refractivity contribution in [3.8, 4) is 0 Å². The first-order valence-corrected chi connectivity index (χ1v) is 7.61. The Morgan fingerprint density at radius 1 is 1.32 bits per heavy atom. The smallest absolute Gasteiger partial charge is 0.254 e. The van der Waals surface area contributed by atoms with Crippen LogP contribution in [-0.4, -0.2) is 18.2 Å². The number of hydrogen-bond donors (Lipinski definition) is 2. The number of amides is 1. The Morgan fingerprint density at radius 2 is 2.05 bits per heavy atom. The molecule has 4 nitrogen and oxygen atoms in total. The van der Waals surface area contributed by atoms with Crippen molar-refractivity contribution in [2.24, 2.45) is 5.73 Å². The van der Waals surface area contributed by atoms with E-state index >= 15 is 0 Å². The zero-order valence-corrected chi connectivity index (χ0v) is 13.5. The third-order valence-corrected chi connectivity index (χ3v) is 3.90. The Balaban J connectivity index is 0.00000242. The van der Waals surface area contributed by atoms with Crippen molar-refractivity contribution in [2.75, 3.05) is 12.3 Å². The van der Waals surface area contributed by atoms with E-state index < -0.39 is 0 Å². The molecule has 0 unspecified atom stereocenters. The minimum absolute atomic E-state index is 0. The molecule has 0 spiro atoms. The molecule has 0 aliphatic heterocycles. The highest BCUT2D eigenvalue weighted by Gasteiger charge is 2.08. The van der Waals surface area contributed by atoms with Crippen LogP contribution in [0.25, 0.3) is 0 Å². The summed E-state index contributed by atoms with van der Waals surface area (Å²) < 4.78 is 17.8. The average Bonchev–Trinajstić information content (AvgIpc) is 2.98. The first kappa shape index (κ1) is 18.5. The van der Waals surface area contributed by atoms with Crippen LogP contribution in [0, 0.1) is 5.82 Å². The van der Waals surface area contributed by atoms with Crippen LogP contribution in [0.15, 0.2) is 45.9 Å². The molecule has 0 saturated carbocycles. The second kappa shape index (κ2) is 9.50. The van der Waals surface area contributed by atoms with Gasteiger partial charge in [-0.1, -0.05) is 0 Å². The lowest BCUT2D eigenvalue weighted by atomic mass is 10.3. The maximum absolute atomic E-state index is 12.7. The molecule has 120 valence electrons. The van der Waals surface area contributed by atoms with Crippen molar-refractivity contribution in [1.82, 2.24) is 5.32 Å². The quantitative estimate of drug-likeness (QED) is 0.598. The summed E-state index contributed by atoms with van der Waals surface area (Å²) in [6, 6.07) is 8.02. The van der Waals surface area contributed by atoms with Crippen LogP contribution in [0.4, 0.5) is 4.39 Å². The zero-order chi connectivity index (χ0) is 15.1. The van der Waals surface area contributed by atoms with Gasteiger partial charge in [0, 0.05) is 11.4 Å². The second-order valence-corrected chi connectivity index (χ2v) is 5.59. The number of benzene rings is 1. The molecule has 0 aliphatic rings. The normalized spacial score (nSPS) is 10.1. The number of carbonyl (C=O) groups excluding carboxylic acids is 1. The average molecular weight is 345 g/mol. The Kier molecular flexibility index (Phi) is 8.01. The minimum Gasteiger partial charge on any atom is -0.467 e. The van der Waals surface area contributed by atoms with Gasteiger partial charge in [-0.3, -0.25) is 4.79 Å². The predicted octanol–water partition coefficient (Wildman–Crippen LogP) is 3.21. The van der Waals surface area contributed by atoms with Gasteiger partial charge in [-0.15, -0.1) is 24.2 Å². The summed E-state index contributed by atoms with van der Waals surface area (Å²) in [6.45, 7) is 0.859. The number of nitrogens with one attached hydrogen (secondary N) is 1. The van der Waals surface area contributed by atoms with E-state index in [4.69, 9.17) is 10.2 Å². The third kappa shape index (κ3) is 5.71. The molecule has 1 aromatic carbocycles. The highest BCUT2D eigenvalue weighted by molar-refractivity contribution is 7.99. The molecule has 0 saturated heterocycles. The molecule has 2 rings (SSSR count). The lowest BCUT2D eigenvalue weighted by Gasteiger charge is -2.04. The molecule has 0 atom stereocenters. The van der Waals surface area contributed by atoms with Gasteiger partial charge in [0.05, 0.1) is 12.1 Å². The van der Waals surface area contributed by atoms with Gasteiger partial charge in [0.2, 0.25) is 0 Å². The summed E-state index contributed by atoms with van der Waals surface area (Å²) in [5, 5.41) is 2.82. The molecule has 0 fully saturated rings. The number of furan rings is 1. The van der Waals surface area contributed by atoms with Crippen molar-refractivity contribution in [1.29, 1.82) is 0 Å². The van der Waals surface area contributed by atoms with E-state index in [1.54, 1.807) is 30.0 Å². The molecule has 1 aromatic heterocycles. The second-order valence-electron chi connectivity index (χ2n) is 4.42.